The quantitative estimate of drug-likeness (QED) is 0.881. The van der Waals surface area contributed by atoms with Gasteiger partial charge in [-0.1, -0.05) is 0 Å². The van der Waals surface area contributed by atoms with Gasteiger partial charge >= 0.3 is 5.69 Å². The van der Waals surface area contributed by atoms with Crippen LogP contribution in [0, 0.1) is 0 Å². The molecule has 2 aromatic rings. The Labute approximate surface area is 128 Å². The van der Waals surface area contributed by atoms with Crippen LogP contribution in [0.2, 0.25) is 0 Å². The van der Waals surface area contributed by atoms with Gasteiger partial charge in [0, 0.05) is 25.6 Å². The summed E-state index contributed by atoms with van der Waals surface area (Å²) in [5.41, 5.74) is 6.01. The van der Waals surface area contributed by atoms with E-state index in [2.05, 4.69) is 4.98 Å². The monoisotopic (exact) mass is 305 g/mol. The predicted molar refractivity (Wildman–Crippen MR) is 85.3 cm³/mol. The van der Waals surface area contributed by atoms with Crippen LogP contribution in [0.4, 0.5) is 0 Å². The Kier molecular flexibility index (Phi) is 3.68. The van der Waals surface area contributed by atoms with E-state index in [9.17, 15) is 9.59 Å². The maximum atomic E-state index is 12.8. The molecule has 0 unspecified atom stereocenters. The summed E-state index contributed by atoms with van der Waals surface area (Å²) >= 11 is 0. The van der Waals surface area contributed by atoms with Crippen LogP contribution in [-0.4, -0.2) is 25.2 Å². The predicted octanol–water partition coefficient (Wildman–Crippen LogP) is 0.704. The molecule has 0 saturated heterocycles. The third-order valence-corrected chi connectivity index (χ3v) is 4.27. The van der Waals surface area contributed by atoms with Crippen LogP contribution in [0.5, 0.6) is 0 Å². The van der Waals surface area contributed by atoms with Crippen LogP contribution in [0.1, 0.15) is 50.9 Å². The largest absolute Gasteiger partial charge is 0.332 e. The maximum absolute atomic E-state index is 12.8. The van der Waals surface area contributed by atoms with E-state index >= 15 is 0 Å². The molecule has 0 aliphatic heterocycles. The van der Waals surface area contributed by atoms with Gasteiger partial charge < -0.3 is 10.3 Å². The first kappa shape index (κ1) is 15.0. The lowest BCUT2D eigenvalue weighted by Gasteiger charge is -2.14. The summed E-state index contributed by atoms with van der Waals surface area (Å²) in [6, 6.07) is -0.0540. The van der Waals surface area contributed by atoms with Crippen molar-refractivity contribution in [1.29, 1.82) is 0 Å². The highest BCUT2D eigenvalue weighted by molar-refractivity contribution is 5.71. The summed E-state index contributed by atoms with van der Waals surface area (Å²) < 4.78 is 4.79. The third-order valence-electron chi connectivity index (χ3n) is 4.27. The fourth-order valence-corrected chi connectivity index (χ4v) is 2.96. The fraction of sp³-hybridized carbons (Fsp3) is 0.667. The average molecular weight is 305 g/mol. The van der Waals surface area contributed by atoms with Crippen molar-refractivity contribution >= 4 is 11.2 Å². The molecule has 3 rings (SSSR count). The lowest BCUT2D eigenvalue weighted by atomic mass is 10.3. The molecule has 0 radical (unpaired) electrons. The number of imidazole rings is 1. The Morgan fingerprint density at radius 1 is 1.32 bits per heavy atom. The van der Waals surface area contributed by atoms with E-state index in [1.807, 2.05) is 25.5 Å². The molecule has 0 aromatic carbocycles. The average Bonchev–Trinajstić information content (AvgIpc) is 3.23. The Morgan fingerprint density at radius 2 is 2.00 bits per heavy atom. The van der Waals surface area contributed by atoms with Gasteiger partial charge in [0.25, 0.3) is 5.56 Å². The molecule has 22 heavy (non-hydrogen) atoms. The second kappa shape index (κ2) is 5.39. The van der Waals surface area contributed by atoms with Crippen LogP contribution in [0.3, 0.4) is 0 Å². The third kappa shape index (κ3) is 2.20. The Hall–Kier alpha value is -1.89. The van der Waals surface area contributed by atoms with E-state index in [1.165, 1.54) is 4.57 Å². The number of rotatable bonds is 5. The van der Waals surface area contributed by atoms with Crippen molar-refractivity contribution in [1.82, 2.24) is 18.7 Å². The molecule has 2 aromatic heterocycles. The van der Waals surface area contributed by atoms with E-state index in [1.54, 1.807) is 4.57 Å². The first-order valence-corrected chi connectivity index (χ1v) is 7.89. The molecule has 7 heteroatoms. The number of fused-ring (bicyclic) bond motifs is 1. The molecule has 120 valence electrons. The summed E-state index contributed by atoms with van der Waals surface area (Å²) in [5.74, 6) is 1.34. The lowest BCUT2D eigenvalue weighted by Crippen LogP contribution is -2.41. The molecule has 1 aliphatic rings. The van der Waals surface area contributed by atoms with Gasteiger partial charge in [0.1, 0.15) is 5.82 Å². The lowest BCUT2D eigenvalue weighted by molar-refractivity contribution is 0.514. The molecule has 1 saturated carbocycles. The Balaban J connectivity index is 2.36. The van der Waals surface area contributed by atoms with Crippen LogP contribution in [0.15, 0.2) is 9.59 Å². The van der Waals surface area contributed by atoms with Gasteiger partial charge in [0.15, 0.2) is 11.2 Å². The number of aryl methyl sites for hydroxylation is 1. The second-order valence-corrected chi connectivity index (χ2v) is 6.32. The van der Waals surface area contributed by atoms with Crippen molar-refractivity contribution in [2.75, 3.05) is 6.54 Å². The van der Waals surface area contributed by atoms with Crippen molar-refractivity contribution in [2.45, 2.75) is 51.6 Å². The zero-order valence-corrected chi connectivity index (χ0v) is 13.4. The summed E-state index contributed by atoms with van der Waals surface area (Å²) in [4.78, 5) is 30.1. The molecular formula is C15H23N5O2. The molecule has 0 atom stereocenters. The van der Waals surface area contributed by atoms with Gasteiger partial charge in [-0.3, -0.25) is 13.9 Å². The maximum Gasteiger partial charge on any atom is 0.332 e. The zero-order valence-electron chi connectivity index (χ0n) is 13.4. The minimum atomic E-state index is -0.290. The number of nitrogens with two attached hydrogens (primary N) is 1. The highest BCUT2D eigenvalue weighted by Gasteiger charge is 2.31. The summed E-state index contributed by atoms with van der Waals surface area (Å²) in [7, 11) is 1.87. The van der Waals surface area contributed by atoms with Crippen LogP contribution >= 0.6 is 0 Å². The number of hydrogen-bond acceptors (Lipinski definition) is 4. The van der Waals surface area contributed by atoms with E-state index < -0.39 is 0 Å². The van der Waals surface area contributed by atoms with Gasteiger partial charge in [-0.25, -0.2) is 9.78 Å². The first-order valence-electron chi connectivity index (χ1n) is 7.89. The normalized spacial score (nSPS) is 15.1. The van der Waals surface area contributed by atoms with Crippen LogP contribution in [-0.2, 0) is 13.6 Å². The van der Waals surface area contributed by atoms with E-state index in [-0.39, 0.29) is 17.3 Å². The van der Waals surface area contributed by atoms with Crippen molar-refractivity contribution in [2.24, 2.45) is 12.8 Å². The van der Waals surface area contributed by atoms with Crippen molar-refractivity contribution in [3.05, 3.63) is 26.7 Å². The topological polar surface area (TPSA) is 87.8 Å². The van der Waals surface area contributed by atoms with Crippen LogP contribution < -0.4 is 17.0 Å². The molecule has 1 fully saturated rings. The Bertz CT molecular complexity index is 823. The molecular weight excluding hydrogens is 282 g/mol. The van der Waals surface area contributed by atoms with E-state index in [0.717, 1.165) is 18.7 Å². The highest BCUT2D eigenvalue weighted by atomic mass is 16.2. The van der Waals surface area contributed by atoms with Crippen molar-refractivity contribution < 1.29 is 0 Å². The summed E-state index contributed by atoms with van der Waals surface area (Å²) in [6.07, 6.45) is 2.81. The molecule has 1 aliphatic carbocycles. The minimum absolute atomic E-state index is 0.0540. The van der Waals surface area contributed by atoms with Gasteiger partial charge in [-0.05, 0) is 39.7 Å². The van der Waals surface area contributed by atoms with Gasteiger partial charge in [0.2, 0.25) is 0 Å². The molecule has 0 spiro atoms. The summed E-state index contributed by atoms with van der Waals surface area (Å²) in [6.45, 7) is 4.67. The van der Waals surface area contributed by atoms with Crippen molar-refractivity contribution in [3.63, 3.8) is 0 Å². The highest BCUT2D eigenvalue weighted by Crippen LogP contribution is 2.39. The number of aromatic nitrogens is 4. The van der Waals surface area contributed by atoms with Crippen LogP contribution in [0.25, 0.3) is 11.2 Å². The van der Waals surface area contributed by atoms with E-state index in [0.29, 0.717) is 36.6 Å². The Morgan fingerprint density at radius 3 is 2.55 bits per heavy atom. The summed E-state index contributed by atoms with van der Waals surface area (Å²) in [5, 5.41) is 0. The smallest absolute Gasteiger partial charge is 0.330 e. The molecule has 2 N–H and O–H groups in total. The van der Waals surface area contributed by atoms with Gasteiger partial charge in [-0.2, -0.15) is 0 Å². The zero-order chi connectivity index (χ0) is 16.0. The minimum Gasteiger partial charge on any atom is -0.330 e. The van der Waals surface area contributed by atoms with Gasteiger partial charge in [-0.15, -0.1) is 0 Å². The SMILES string of the molecule is CC(C)n1c(=O)n(CCCN)c(=O)c2c1nc(C1CC1)n2C. The second-order valence-electron chi connectivity index (χ2n) is 6.32. The first-order chi connectivity index (χ1) is 10.5. The molecule has 0 bridgehead atoms. The number of hydrogen-bond donors (Lipinski definition) is 1. The standard InChI is InChI=1S/C15H23N5O2/c1-9(2)20-13-11(18(3)12(17-13)10-5-6-10)14(21)19(15(20)22)8-4-7-16/h9-10H,4-8,16H2,1-3H3. The molecule has 2 heterocycles. The molecule has 0 amide bonds. The van der Waals surface area contributed by atoms with Gasteiger partial charge in [0.05, 0.1) is 0 Å². The van der Waals surface area contributed by atoms with Crippen molar-refractivity contribution in [3.8, 4) is 0 Å². The van der Waals surface area contributed by atoms with E-state index in [4.69, 9.17) is 5.73 Å². The fourth-order valence-electron chi connectivity index (χ4n) is 2.96. The number of nitrogens with zero attached hydrogens (tertiary/aromatic N) is 4. The molecule has 7 nitrogen and oxygen atoms in total.